The summed E-state index contributed by atoms with van der Waals surface area (Å²) in [4.78, 5) is 21.2. The highest BCUT2D eigenvalue weighted by atomic mass is 32.1. The molecule has 4 rings (SSSR count). The lowest BCUT2D eigenvalue weighted by atomic mass is 10.1. The zero-order chi connectivity index (χ0) is 22.9. The van der Waals surface area contributed by atoms with Crippen LogP contribution >= 0.6 is 11.3 Å². The Balaban J connectivity index is 1.77. The van der Waals surface area contributed by atoms with Crippen LogP contribution in [0, 0.1) is 11.6 Å². The number of rotatable bonds is 4. The Labute approximate surface area is 182 Å². The van der Waals surface area contributed by atoms with Gasteiger partial charge in [-0.05, 0) is 42.0 Å². The highest BCUT2D eigenvalue weighted by Gasteiger charge is 2.31. The fraction of sp³-hybridized carbons (Fsp3) is 0.0455. The number of hydrogen-bond donors (Lipinski definition) is 1. The van der Waals surface area contributed by atoms with Crippen molar-refractivity contribution in [3.05, 3.63) is 89.6 Å². The highest BCUT2D eigenvalue weighted by Crippen LogP contribution is 2.40. The predicted octanol–water partition coefficient (Wildman–Crippen LogP) is 6.42. The van der Waals surface area contributed by atoms with Crippen LogP contribution in [0.1, 0.15) is 15.9 Å². The number of halogens is 5. The Morgan fingerprint density at radius 3 is 2.47 bits per heavy atom. The molecule has 4 aromatic rings. The fourth-order valence-corrected chi connectivity index (χ4v) is 3.89. The molecular weight excluding hydrogens is 449 g/mol. The number of aromatic nitrogens is 2. The van der Waals surface area contributed by atoms with E-state index in [9.17, 15) is 26.7 Å². The first kappa shape index (κ1) is 21.6. The normalized spacial score (nSPS) is 11.4. The Bertz CT molecular complexity index is 1290. The maximum absolute atomic E-state index is 14.0. The summed E-state index contributed by atoms with van der Waals surface area (Å²) >= 11 is 0.893. The van der Waals surface area contributed by atoms with Crippen LogP contribution in [-0.2, 0) is 6.18 Å². The van der Waals surface area contributed by atoms with Crippen molar-refractivity contribution in [2.45, 2.75) is 6.18 Å². The standard InChI is InChI=1S/C22H12F5N3OS/c23-15-8-4-7-14(17(15)24)20(31)30-21-29-18(16-9-1-2-10-28-16)19(32-21)12-5-3-6-13(11-12)22(25,26)27/h1-11H,(H,29,30,31). The zero-order valence-corrected chi connectivity index (χ0v) is 16.8. The van der Waals surface area contributed by atoms with Crippen molar-refractivity contribution in [2.75, 3.05) is 5.32 Å². The zero-order valence-electron chi connectivity index (χ0n) is 16.0. The number of amides is 1. The highest BCUT2D eigenvalue weighted by molar-refractivity contribution is 7.19. The molecule has 0 spiro atoms. The predicted molar refractivity (Wildman–Crippen MR) is 110 cm³/mol. The van der Waals surface area contributed by atoms with Gasteiger partial charge in [0.1, 0.15) is 5.69 Å². The molecule has 1 amide bonds. The Morgan fingerprint density at radius 1 is 0.969 bits per heavy atom. The third-order valence-electron chi connectivity index (χ3n) is 4.40. The molecule has 2 aromatic carbocycles. The molecule has 10 heteroatoms. The molecule has 0 aliphatic heterocycles. The van der Waals surface area contributed by atoms with Gasteiger partial charge in [-0.25, -0.2) is 13.8 Å². The van der Waals surface area contributed by atoms with E-state index in [1.54, 1.807) is 18.2 Å². The fourth-order valence-electron chi connectivity index (χ4n) is 2.93. The van der Waals surface area contributed by atoms with Crippen molar-refractivity contribution < 1.29 is 26.7 Å². The molecule has 162 valence electrons. The summed E-state index contributed by atoms with van der Waals surface area (Å²) in [7, 11) is 0. The van der Waals surface area contributed by atoms with Gasteiger partial charge in [-0.2, -0.15) is 13.2 Å². The molecule has 0 bridgehead atoms. The molecule has 0 aliphatic rings. The summed E-state index contributed by atoms with van der Waals surface area (Å²) in [6.45, 7) is 0. The van der Waals surface area contributed by atoms with E-state index in [1.807, 2.05) is 0 Å². The summed E-state index contributed by atoms with van der Waals surface area (Å²) in [6, 6.07) is 12.8. The summed E-state index contributed by atoms with van der Waals surface area (Å²) in [5.41, 5.74) is -0.544. The van der Waals surface area contributed by atoms with Gasteiger partial charge in [0.2, 0.25) is 0 Å². The van der Waals surface area contributed by atoms with Crippen LogP contribution in [0.5, 0.6) is 0 Å². The molecule has 2 aromatic heterocycles. The number of thiazole rings is 1. The van der Waals surface area contributed by atoms with Gasteiger partial charge in [0.25, 0.3) is 5.91 Å². The Kier molecular flexibility index (Phi) is 5.70. The molecule has 0 fully saturated rings. The summed E-state index contributed by atoms with van der Waals surface area (Å²) in [6.07, 6.45) is -3.05. The van der Waals surface area contributed by atoms with Gasteiger partial charge in [0, 0.05) is 6.20 Å². The lowest BCUT2D eigenvalue weighted by Gasteiger charge is -2.08. The first-order valence-corrected chi connectivity index (χ1v) is 9.91. The maximum Gasteiger partial charge on any atom is 0.416 e. The number of hydrogen-bond acceptors (Lipinski definition) is 4. The van der Waals surface area contributed by atoms with E-state index >= 15 is 0 Å². The molecule has 0 atom stereocenters. The van der Waals surface area contributed by atoms with Crippen LogP contribution in [0.3, 0.4) is 0 Å². The smallest absolute Gasteiger partial charge is 0.298 e. The molecule has 0 aliphatic carbocycles. The first-order chi connectivity index (χ1) is 15.2. The quantitative estimate of drug-likeness (QED) is 0.357. The average molecular weight is 461 g/mol. The minimum Gasteiger partial charge on any atom is -0.298 e. The van der Waals surface area contributed by atoms with Gasteiger partial charge < -0.3 is 0 Å². The first-order valence-electron chi connectivity index (χ1n) is 9.09. The van der Waals surface area contributed by atoms with Gasteiger partial charge in [0.05, 0.1) is 21.7 Å². The second kappa shape index (κ2) is 8.46. The monoisotopic (exact) mass is 461 g/mol. The molecular formula is C22H12F5N3OS. The number of carbonyl (C=O) groups is 1. The topological polar surface area (TPSA) is 54.9 Å². The number of anilines is 1. The second-order valence-corrected chi connectivity index (χ2v) is 7.54. The van der Waals surface area contributed by atoms with Crippen LogP contribution in [0.2, 0.25) is 0 Å². The summed E-state index contributed by atoms with van der Waals surface area (Å²) in [5.74, 6) is -3.45. The maximum atomic E-state index is 14.0. The van der Waals surface area contributed by atoms with E-state index in [2.05, 4.69) is 15.3 Å². The number of benzene rings is 2. The van der Waals surface area contributed by atoms with Crippen molar-refractivity contribution in [3.63, 3.8) is 0 Å². The van der Waals surface area contributed by atoms with Crippen LogP contribution < -0.4 is 5.32 Å². The van der Waals surface area contributed by atoms with Gasteiger partial charge in [-0.15, -0.1) is 0 Å². The van der Waals surface area contributed by atoms with Crippen LogP contribution in [0.4, 0.5) is 27.1 Å². The minimum absolute atomic E-state index is 0.00766. The summed E-state index contributed by atoms with van der Waals surface area (Å²) in [5, 5.41) is 2.38. The van der Waals surface area contributed by atoms with E-state index in [0.29, 0.717) is 10.6 Å². The van der Waals surface area contributed by atoms with Gasteiger partial charge in [-0.3, -0.25) is 15.1 Å². The molecule has 4 nitrogen and oxygen atoms in total. The minimum atomic E-state index is -4.54. The molecule has 0 unspecified atom stereocenters. The van der Waals surface area contributed by atoms with Crippen molar-refractivity contribution >= 4 is 22.4 Å². The van der Waals surface area contributed by atoms with Gasteiger partial charge in [0.15, 0.2) is 16.8 Å². The summed E-state index contributed by atoms with van der Waals surface area (Å²) < 4.78 is 67.0. The number of carbonyl (C=O) groups excluding carboxylic acids is 1. The lowest BCUT2D eigenvalue weighted by molar-refractivity contribution is -0.137. The van der Waals surface area contributed by atoms with Crippen molar-refractivity contribution in [3.8, 4) is 21.8 Å². The molecule has 1 N–H and O–H groups in total. The Hall–Kier alpha value is -3.66. The SMILES string of the molecule is O=C(Nc1nc(-c2ccccn2)c(-c2cccc(C(F)(F)F)c2)s1)c1cccc(F)c1F. The van der Waals surface area contributed by atoms with Crippen LogP contribution in [-0.4, -0.2) is 15.9 Å². The van der Waals surface area contributed by atoms with Crippen molar-refractivity contribution in [1.29, 1.82) is 0 Å². The number of nitrogens with zero attached hydrogens (tertiary/aromatic N) is 2. The van der Waals surface area contributed by atoms with E-state index in [0.717, 1.165) is 35.6 Å². The molecule has 0 saturated carbocycles. The largest absolute Gasteiger partial charge is 0.416 e. The van der Waals surface area contributed by atoms with Gasteiger partial charge in [-0.1, -0.05) is 35.6 Å². The van der Waals surface area contributed by atoms with Crippen molar-refractivity contribution in [2.24, 2.45) is 0 Å². The molecule has 0 saturated heterocycles. The number of pyridine rings is 1. The third kappa shape index (κ3) is 4.35. The van der Waals surface area contributed by atoms with E-state index in [-0.39, 0.29) is 16.4 Å². The molecule has 0 radical (unpaired) electrons. The van der Waals surface area contributed by atoms with E-state index < -0.39 is 34.8 Å². The van der Waals surface area contributed by atoms with E-state index in [4.69, 9.17) is 0 Å². The average Bonchev–Trinajstić information content (AvgIpc) is 3.19. The van der Waals surface area contributed by atoms with Crippen LogP contribution in [0.25, 0.3) is 21.8 Å². The van der Waals surface area contributed by atoms with E-state index in [1.165, 1.54) is 24.4 Å². The lowest BCUT2D eigenvalue weighted by Crippen LogP contribution is -2.14. The number of nitrogens with one attached hydrogen (secondary N) is 1. The van der Waals surface area contributed by atoms with Crippen LogP contribution in [0.15, 0.2) is 66.9 Å². The van der Waals surface area contributed by atoms with Crippen molar-refractivity contribution in [1.82, 2.24) is 9.97 Å². The number of alkyl halides is 3. The Morgan fingerprint density at radius 2 is 1.75 bits per heavy atom. The molecule has 2 heterocycles. The van der Waals surface area contributed by atoms with Gasteiger partial charge >= 0.3 is 6.18 Å². The molecule has 32 heavy (non-hydrogen) atoms. The third-order valence-corrected chi connectivity index (χ3v) is 5.42. The second-order valence-electron chi connectivity index (χ2n) is 6.55.